The average molecular weight is 238 g/mol. The van der Waals surface area contributed by atoms with Gasteiger partial charge in [0.1, 0.15) is 6.04 Å². The molecule has 0 bridgehead atoms. The third-order valence-electron chi connectivity index (χ3n) is 2.79. The van der Waals surface area contributed by atoms with Gasteiger partial charge in [-0.2, -0.15) is 5.10 Å². The van der Waals surface area contributed by atoms with Crippen molar-refractivity contribution in [2.45, 2.75) is 40.3 Å². The van der Waals surface area contributed by atoms with Crippen LogP contribution < -0.4 is 5.32 Å². The summed E-state index contributed by atoms with van der Waals surface area (Å²) in [6.45, 7) is 10.2. The maximum atomic E-state index is 12.0. The number of nitrogens with one attached hydrogen (secondary N) is 1. The highest BCUT2D eigenvalue weighted by molar-refractivity contribution is 5.84. The Bertz CT molecular complexity index is 357. The molecule has 1 unspecified atom stereocenters. The standard InChI is InChI=1S/C12H22N4O/c1-5-15(6-2)12(17)10(4)14-11-8-13-16(7-3)9-11/h8-10,14H,5-7H2,1-4H3. The number of rotatable bonds is 6. The van der Waals surface area contributed by atoms with Crippen LogP contribution in [0, 0.1) is 0 Å². The molecule has 5 heteroatoms. The van der Waals surface area contributed by atoms with E-state index in [2.05, 4.69) is 10.4 Å². The normalized spacial score (nSPS) is 12.2. The SMILES string of the molecule is CCN(CC)C(=O)C(C)Nc1cnn(CC)c1. The number of carbonyl (C=O) groups excluding carboxylic acids is 1. The number of carbonyl (C=O) groups is 1. The highest BCUT2D eigenvalue weighted by Crippen LogP contribution is 2.08. The number of aromatic nitrogens is 2. The van der Waals surface area contributed by atoms with Crippen molar-refractivity contribution < 1.29 is 4.79 Å². The van der Waals surface area contributed by atoms with Gasteiger partial charge in [0.15, 0.2) is 0 Å². The second kappa shape index (κ2) is 6.27. The van der Waals surface area contributed by atoms with Gasteiger partial charge in [-0.3, -0.25) is 9.48 Å². The zero-order chi connectivity index (χ0) is 12.8. The number of aryl methyl sites for hydroxylation is 1. The molecular weight excluding hydrogens is 216 g/mol. The Balaban J connectivity index is 2.58. The van der Waals surface area contributed by atoms with E-state index in [1.165, 1.54) is 0 Å². The first-order valence-electron chi connectivity index (χ1n) is 6.20. The minimum atomic E-state index is -0.218. The number of amides is 1. The number of nitrogens with zero attached hydrogens (tertiary/aromatic N) is 3. The van der Waals surface area contributed by atoms with Crippen LogP contribution >= 0.6 is 0 Å². The molecule has 1 heterocycles. The minimum absolute atomic E-state index is 0.124. The lowest BCUT2D eigenvalue weighted by atomic mass is 10.2. The van der Waals surface area contributed by atoms with Crippen molar-refractivity contribution >= 4 is 11.6 Å². The number of hydrogen-bond donors (Lipinski definition) is 1. The van der Waals surface area contributed by atoms with Gasteiger partial charge in [-0.1, -0.05) is 0 Å². The summed E-state index contributed by atoms with van der Waals surface area (Å²) in [6.07, 6.45) is 3.65. The maximum absolute atomic E-state index is 12.0. The molecule has 0 saturated carbocycles. The lowest BCUT2D eigenvalue weighted by Gasteiger charge is -2.23. The maximum Gasteiger partial charge on any atom is 0.244 e. The van der Waals surface area contributed by atoms with Crippen molar-refractivity contribution in [3.63, 3.8) is 0 Å². The smallest absolute Gasteiger partial charge is 0.244 e. The molecule has 0 fully saturated rings. The Hall–Kier alpha value is -1.52. The van der Waals surface area contributed by atoms with Crippen LogP contribution in [-0.4, -0.2) is 39.7 Å². The summed E-state index contributed by atoms with van der Waals surface area (Å²) in [5, 5.41) is 7.33. The molecule has 1 rings (SSSR count). The summed E-state index contributed by atoms with van der Waals surface area (Å²) in [6, 6.07) is -0.218. The van der Waals surface area contributed by atoms with Crippen LogP contribution in [0.5, 0.6) is 0 Å². The Morgan fingerprint density at radius 2 is 2.12 bits per heavy atom. The van der Waals surface area contributed by atoms with Crippen LogP contribution in [0.4, 0.5) is 5.69 Å². The van der Waals surface area contributed by atoms with E-state index in [1.807, 2.05) is 43.5 Å². The fourth-order valence-electron chi connectivity index (χ4n) is 1.73. The van der Waals surface area contributed by atoms with Crippen LogP contribution in [-0.2, 0) is 11.3 Å². The summed E-state index contributed by atoms with van der Waals surface area (Å²) >= 11 is 0. The Kier molecular flexibility index (Phi) is 5.00. The summed E-state index contributed by atoms with van der Waals surface area (Å²) in [5.74, 6) is 0.124. The van der Waals surface area contributed by atoms with Gasteiger partial charge < -0.3 is 10.2 Å². The van der Waals surface area contributed by atoms with Gasteiger partial charge >= 0.3 is 0 Å². The molecular formula is C12H22N4O. The first kappa shape index (κ1) is 13.5. The number of anilines is 1. The van der Waals surface area contributed by atoms with Crippen LogP contribution in [0.1, 0.15) is 27.7 Å². The van der Waals surface area contributed by atoms with Crippen LogP contribution in [0.15, 0.2) is 12.4 Å². The largest absolute Gasteiger partial charge is 0.371 e. The zero-order valence-electron chi connectivity index (χ0n) is 11.1. The number of likely N-dealkylation sites (N-methyl/N-ethyl adjacent to an activating group) is 1. The van der Waals surface area contributed by atoms with Crippen molar-refractivity contribution in [2.24, 2.45) is 0 Å². The van der Waals surface area contributed by atoms with Crippen molar-refractivity contribution in [1.29, 1.82) is 0 Å². The molecule has 1 aromatic heterocycles. The summed E-state index contributed by atoms with van der Waals surface area (Å²) in [5.41, 5.74) is 0.889. The molecule has 0 aliphatic heterocycles. The zero-order valence-corrected chi connectivity index (χ0v) is 11.1. The predicted molar refractivity (Wildman–Crippen MR) is 68.9 cm³/mol. The molecule has 0 aliphatic rings. The Morgan fingerprint density at radius 3 is 2.59 bits per heavy atom. The Morgan fingerprint density at radius 1 is 1.47 bits per heavy atom. The second-order valence-electron chi connectivity index (χ2n) is 3.96. The monoisotopic (exact) mass is 238 g/mol. The highest BCUT2D eigenvalue weighted by Gasteiger charge is 2.18. The third-order valence-corrected chi connectivity index (χ3v) is 2.79. The predicted octanol–water partition coefficient (Wildman–Crippen LogP) is 1.57. The molecule has 0 aliphatic carbocycles. The van der Waals surface area contributed by atoms with E-state index in [0.717, 1.165) is 25.3 Å². The molecule has 1 atom stereocenters. The van der Waals surface area contributed by atoms with Crippen molar-refractivity contribution in [3.05, 3.63) is 12.4 Å². The second-order valence-corrected chi connectivity index (χ2v) is 3.96. The average Bonchev–Trinajstić information content (AvgIpc) is 2.78. The summed E-state index contributed by atoms with van der Waals surface area (Å²) in [4.78, 5) is 13.8. The first-order chi connectivity index (χ1) is 8.12. The quantitative estimate of drug-likeness (QED) is 0.818. The van der Waals surface area contributed by atoms with Gasteiger partial charge in [0.2, 0.25) is 5.91 Å². The van der Waals surface area contributed by atoms with E-state index in [-0.39, 0.29) is 11.9 Å². The third kappa shape index (κ3) is 3.47. The van der Waals surface area contributed by atoms with Crippen LogP contribution in [0.3, 0.4) is 0 Å². The van der Waals surface area contributed by atoms with Crippen LogP contribution in [0.2, 0.25) is 0 Å². The molecule has 5 nitrogen and oxygen atoms in total. The van der Waals surface area contributed by atoms with Gasteiger partial charge in [0.05, 0.1) is 11.9 Å². The van der Waals surface area contributed by atoms with Gasteiger partial charge in [-0.25, -0.2) is 0 Å². The molecule has 0 spiro atoms. The van der Waals surface area contributed by atoms with Crippen molar-refractivity contribution in [3.8, 4) is 0 Å². The topological polar surface area (TPSA) is 50.2 Å². The van der Waals surface area contributed by atoms with Gasteiger partial charge in [0, 0.05) is 25.8 Å². The van der Waals surface area contributed by atoms with Gasteiger partial charge in [-0.05, 0) is 27.7 Å². The minimum Gasteiger partial charge on any atom is -0.371 e. The van der Waals surface area contributed by atoms with E-state index >= 15 is 0 Å². The van der Waals surface area contributed by atoms with Gasteiger partial charge in [0.25, 0.3) is 0 Å². The summed E-state index contributed by atoms with van der Waals surface area (Å²) < 4.78 is 1.83. The fourth-order valence-corrected chi connectivity index (χ4v) is 1.73. The van der Waals surface area contributed by atoms with E-state index in [1.54, 1.807) is 6.20 Å². The number of hydrogen-bond acceptors (Lipinski definition) is 3. The van der Waals surface area contributed by atoms with E-state index in [9.17, 15) is 4.79 Å². The van der Waals surface area contributed by atoms with Gasteiger partial charge in [-0.15, -0.1) is 0 Å². The highest BCUT2D eigenvalue weighted by atomic mass is 16.2. The summed E-state index contributed by atoms with van der Waals surface area (Å²) in [7, 11) is 0. The van der Waals surface area contributed by atoms with E-state index < -0.39 is 0 Å². The molecule has 0 radical (unpaired) electrons. The van der Waals surface area contributed by atoms with Crippen molar-refractivity contribution in [1.82, 2.24) is 14.7 Å². The molecule has 1 N–H and O–H groups in total. The van der Waals surface area contributed by atoms with Crippen LogP contribution in [0.25, 0.3) is 0 Å². The fraction of sp³-hybridized carbons (Fsp3) is 0.667. The first-order valence-corrected chi connectivity index (χ1v) is 6.20. The van der Waals surface area contributed by atoms with E-state index in [4.69, 9.17) is 0 Å². The molecule has 96 valence electrons. The lowest BCUT2D eigenvalue weighted by Crippen LogP contribution is -2.41. The molecule has 1 amide bonds. The van der Waals surface area contributed by atoms with E-state index in [0.29, 0.717) is 0 Å². The van der Waals surface area contributed by atoms with Crippen molar-refractivity contribution in [2.75, 3.05) is 18.4 Å². The molecule has 17 heavy (non-hydrogen) atoms. The molecule has 0 saturated heterocycles. The Labute approximate surface area is 103 Å². The lowest BCUT2D eigenvalue weighted by molar-refractivity contribution is -0.131. The molecule has 1 aromatic rings. The molecule has 0 aromatic carbocycles.